The van der Waals surface area contributed by atoms with Crippen molar-refractivity contribution in [3.63, 3.8) is 0 Å². The van der Waals surface area contributed by atoms with E-state index in [1.165, 1.54) is 0 Å². The highest BCUT2D eigenvalue weighted by Gasteiger charge is 2.05. The number of fused-ring (bicyclic) bond motifs is 1. The summed E-state index contributed by atoms with van der Waals surface area (Å²) in [6, 6.07) is 5.86. The number of nitrogens with zero attached hydrogens (tertiary/aromatic N) is 1. The zero-order chi connectivity index (χ0) is 10.8. The van der Waals surface area contributed by atoms with Crippen LogP contribution in [0, 0.1) is 0 Å². The predicted octanol–water partition coefficient (Wildman–Crippen LogP) is 2.98. The molecule has 1 N–H and O–H groups in total. The first kappa shape index (κ1) is 10.5. The molecule has 2 aromatic rings. The van der Waals surface area contributed by atoms with Gasteiger partial charge in [0.2, 0.25) is 5.89 Å². The van der Waals surface area contributed by atoms with Gasteiger partial charge in [-0.25, -0.2) is 4.98 Å². The average Bonchev–Trinajstić information content (AvgIpc) is 2.56. The van der Waals surface area contributed by atoms with E-state index < -0.39 is 0 Å². The average molecular weight is 225 g/mol. The van der Waals surface area contributed by atoms with Crippen molar-refractivity contribution < 1.29 is 4.42 Å². The SMILES string of the molecule is CC(C)NCc1nc2cc(Cl)ccc2o1. The van der Waals surface area contributed by atoms with Gasteiger partial charge in [0.25, 0.3) is 0 Å². The van der Waals surface area contributed by atoms with E-state index in [9.17, 15) is 0 Å². The second kappa shape index (κ2) is 4.21. The van der Waals surface area contributed by atoms with Gasteiger partial charge >= 0.3 is 0 Å². The predicted molar refractivity (Wildman–Crippen MR) is 61.0 cm³/mol. The second-order valence-corrected chi connectivity index (χ2v) is 4.19. The van der Waals surface area contributed by atoms with Crippen LogP contribution < -0.4 is 5.32 Å². The summed E-state index contributed by atoms with van der Waals surface area (Å²) in [6.45, 7) is 4.81. The molecule has 0 aliphatic rings. The third-order valence-corrected chi connectivity index (χ3v) is 2.29. The maximum Gasteiger partial charge on any atom is 0.209 e. The molecule has 4 heteroatoms. The Morgan fingerprint density at radius 3 is 3.00 bits per heavy atom. The molecule has 3 nitrogen and oxygen atoms in total. The number of rotatable bonds is 3. The highest BCUT2D eigenvalue weighted by atomic mass is 35.5. The van der Waals surface area contributed by atoms with Gasteiger partial charge in [0.1, 0.15) is 5.52 Å². The van der Waals surface area contributed by atoms with Crippen molar-refractivity contribution in [3.05, 3.63) is 29.1 Å². The van der Waals surface area contributed by atoms with Crippen molar-refractivity contribution in [2.75, 3.05) is 0 Å². The summed E-state index contributed by atoms with van der Waals surface area (Å²) in [6.07, 6.45) is 0. The number of benzene rings is 1. The Morgan fingerprint density at radius 2 is 2.27 bits per heavy atom. The molecular weight excluding hydrogens is 212 g/mol. The van der Waals surface area contributed by atoms with E-state index in [4.69, 9.17) is 16.0 Å². The Labute approximate surface area is 93.4 Å². The molecule has 0 fully saturated rings. The second-order valence-electron chi connectivity index (χ2n) is 3.76. The number of oxazole rings is 1. The van der Waals surface area contributed by atoms with Crippen molar-refractivity contribution in [1.29, 1.82) is 0 Å². The van der Waals surface area contributed by atoms with Crippen LogP contribution in [0.25, 0.3) is 11.1 Å². The molecule has 0 unspecified atom stereocenters. The summed E-state index contributed by atoms with van der Waals surface area (Å²) < 4.78 is 5.54. The third-order valence-electron chi connectivity index (χ3n) is 2.06. The molecule has 0 aliphatic carbocycles. The first-order valence-corrected chi connectivity index (χ1v) is 5.31. The lowest BCUT2D eigenvalue weighted by Gasteiger charge is -2.03. The lowest BCUT2D eigenvalue weighted by atomic mass is 10.3. The Kier molecular flexibility index (Phi) is 2.93. The fourth-order valence-electron chi connectivity index (χ4n) is 1.32. The highest BCUT2D eigenvalue weighted by molar-refractivity contribution is 6.31. The molecule has 2 rings (SSSR count). The van der Waals surface area contributed by atoms with Crippen molar-refractivity contribution in [3.8, 4) is 0 Å². The molecule has 0 aliphatic heterocycles. The first-order valence-electron chi connectivity index (χ1n) is 4.93. The molecule has 0 saturated heterocycles. The van der Waals surface area contributed by atoms with Crippen LogP contribution >= 0.6 is 11.6 Å². The topological polar surface area (TPSA) is 38.1 Å². The van der Waals surface area contributed by atoms with Crippen LogP contribution in [0.5, 0.6) is 0 Å². The van der Waals surface area contributed by atoms with Crippen molar-refractivity contribution in [2.24, 2.45) is 0 Å². The van der Waals surface area contributed by atoms with E-state index in [1.807, 2.05) is 6.07 Å². The molecule has 0 saturated carbocycles. The van der Waals surface area contributed by atoms with Crippen LogP contribution in [0.3, 0.4) is 0 Å². The minimum absolute atomic E-state index is 0.420. The number of hydrogen-bond donors (Lipinski definition) is 1. The quantitative estimate of drug-likeness (QED) is 0.871. The Balaban J connectivity index is 2.23. The zero-order valence-corrected chi connectivity index (χ0v) is 9.51. The van der Waals surface area contributed by atoms with E-state index in [1.54, 1.807) is 12.1 Å². The molecular formula is C11H13ClN2O. The van der Waals surface area contributed by atoms with Crippen LogP contribution in [0.1, 0.15) is 19.7 Å². The van der Waals surface area contributed by atoms with E-state index in [2.05, 4.69) is 24.1 Å². The molecule has 1 aromatic carbocycles. The van der Waals surface area contributed by atoms with E-state index in [0.29, 0.717) is 23.5 Å². The van der Waals surface area contributed by atoms with Crippen molar-refractivity contribution in [1.82, 2.24) is 10.3 Å². The monoisotopic (exact) mass is 224 g/mol. The summed E-state index contributed by atoms with van der Waals surface area (Å²) in [5, 5.41) is 3.93. The van der Waals surface area contributed by atoms with Gasteiger partial charge in [-0.05, 0) is 18.2 Å². The van der Waals surface area contributed by atoms with Crippen LogP contribution in [0.15, 0.2) is 22.6 Å². The fraction of sp³-hybridized carbons (Fsp3) is 0.364. The van der Waals surface area contributed by atoms with Crippen molar-refractivity contribution >= 4 is 22.7 Å². The molecule has 0 radical (unpaired) electrons. The van der Waals surface area contributed by atoms with Gasteiger partial charge in [-0.1, -0.05) is 25.4 Å². The van der Waals surface area contributed by atoms with E-state index in [0.717, 1.165) is 11.1 Å². The molecule has 15 heavy (non-hydrogen) atoms. The highest BCUT2D eigenvalue weighted by Crippen LogP contribution is 2.19. The maximum absolute atomic E-state index is 5.86. The standard InChI is InChI=1S/C11H13ClN2O/c1-7(2)13-6-11-14-9-5-8(12)3-4-10(9)15-11/h3-5,7,13H,6H2,1-2H3. The number of halogens is 1. The Bertz CT molecular complexity index is 465. The zero-order valence-electron chi connectivity index (χ0n) is 8.75. The van der Waals surface area contributed by atoms with Crippen LogP contribution in [-0.4, -0.2) is 11.0 Å². The lowest BCUT2D eigenvalue weighted by molar-refractivity contribution is 0.472. The third kappa shape index (κ3) is 2.49. The van der Waals surface area contributed by atoms with Crippen LogP contribution in [0.4, 0.5) is 0 Å². The van der Waals surface area contributed by atoms with Gasteiger partial charge in [0.15, 0.2) is 5.58 Å². The van der Waals surface area contributed by atoms with Crippen LogP contribution in [-0.2, 0) is 6.54 Å². The summed E-state index contributed by atoms with van der Waals surface area (Å²) in [7, 11) is 0. The molecule has 0 bridgehead atoms. The Hall–Kier alpha value is -1.06. The molecule has 0 spiro atoms. The summed E-state index contributed by atoms with van der Waals surface area (Å²) >= 11 is 5.86. The number of nitrogens with one attached hydrogen (secondary N) is 1. The normalized spacial score (nSPS) is 11.5. The molecule has 1 heterocycles. The van der Waals surface area contributed by atoms with E-state index in [-0.39, 0.29) is 0 Å². The Morgan fingerprint density at radius 1 is 1.47 bits per heavy atom. The molecule has 0 atom stereocenters. The van der Waals surface area contributed by atoms with Crippen molar-refractivity contribution in [2.45, 2.75) is 26.4 Å². The molecule has 80 valence electrons. The number of aromatic nitrogens is 1. The fourth-order valence-corrected chi connectivity index (χ4v) is 1.48. The largest absolute Gasteiger partial charge is 0.439 e. The van der Waals surface area contributed by atoms with Gasteiger partial charge < -0.3 is 9.73 Å². The van der Waals surface area contributed by atoms with Gasteiger partial charge in [0.05, 0.1) is 6.54 Å². The molecule has 0 amide bonds. The van der Waals surface area contributed by atoms with Gasteiger partial charge in [-0.15, -0.1) is 0 Å². The van der Waals surface area contributed by atoms with Crippen LogP contribution in [0.2, 0.25) is 5.02 Å². The first-order chi connectivity index (χ1) is 7.15. The van der Waals surface area contributed by atoms with Gasteiger partial charge in [0, 0.05) is 11.1 Å². The summed E-state index contributed by atoms with van der Waals surface area (Å²) in [4.78, 5) is 4.33. The maximum atomic E-state index is 5.86. The minimum atomic E-state index is 0.420. The van der Waals surface area contributed by atoms with E-state index >= 15 is 0 Å². The summed E-state index contributed by atoms with van der Waals surface area (Å²) in [5.41, 5.74) is 1.59. The van der Waals surface area contributed by atoms with Gasteiger partial charge in [-0.3, -0.25) is 0 Å². The summed E-state index contributed by atoms with van der Waals surface area (Å²) in [5.74, 6) is 0.695. The molecule has 1 aromatic heterocycles. The van der Waals surface area contributed by atoms with Gasteiger partial charge in [-0.2, -0.15) is 0 Å². The smallest absolute Gasteiger partial charge is 0.209 e. The minimum Gasteiger partial charge on any atom is -0.439 e. The number of hydrogen-bond acceptors (Lipinski definition) is 3. The lowest BCUT2D eigenvalue weighted by Crippen LogP contribution is -2.21.